The van der Waals surface area contributed by atoms with Gasteiger partial charge in [-0.25, -0.2) is 4.21 Å². The maximum absolute atomic E-state index is 10.9. The lowest BCUT2D eigenvalue weighted by atomic mass is 10.2. The second kappa shape index (κ2) is 4.99. The van der Waals surface area contributed by atoms with Crippen molar-refractivity contribution < 1.29 is 8.76 Å². The summed E-state index contributed by atoms with van der Waals surface area (Å²) in [5, 5.41) is 3.13. The van der Waals surface area contributed by atoms with Crippen LogP contribution in [-0.4, -0.2) is 8.76 Å². The molecule has 0 saturated heterocycles. The van der Waals surface area contributed by atoms with Gasteiger partial charge in [0.05, 0.1) is 16.3 Å². The molecule has 1 unspecified atom stereocenters. The first-order valence-corrected chi connectivity index (χ1v) is 6.10. The number of nitrogens with two attached hydrogens (primary N) is 1. The van der Waals surface area contributed by atoms with Crippen LogP contribution in [-0.2, 0) is 11.1 Å². The van der Waals surface area contributed by atoms with Gasteiger partial charge in [-0.1, -0.05) is 18.2 Å². The van der Waals surface area contributed by atoms with Crippen LogP contribution in [0.4, 0.5) is 17.1 Å². The van der Waals surface area contributed by atoms with Gasteiger partial charge in [0.2, 0.25) is 0 Å². The third-order valence-corrected chi connectivity index (χ3v) is 2.93. The fraction of sp³-hybridized carbons (Fsp3) is 0. The van der Waals surface area contributed by atoms with E-state index in [1.807, 2.05) is 30.3 Å². The molecule has 0 aliphatic rings. The van der Waals surface area contributed by atoms with Crippen LogP contribution in [0.1, 0.15) is 0 Å². The lowest BCUT2D eigenvalue weighted by Crippen LogP contribution is -1.98. The zero-order valence-corrected chi connectivity index (χ0v) is 9.78. The van der Waals surface area contributed by atoms with Crippen molar-refractivity contribution in [2.24, 2.45) is 0 Å². The Morgan fingerprint density at radius 2 is 1.82 bits per heavy atom. The van der Waals surface area contributed by atoms with E-state index in [2.05, 4.69) is 5.32 Å². The predicted octanol–water partition coefficient (Wildman–Crippen LogP) is 2.59. The molecule has 0 spiro atoms. The van der Waals surface area contributed by atoms with E-state index in [-0.39, 0.29) is 0 Å². The van der Waals surface area contributed by atoms with Crippen LogP contribution in [0, 0.1) is 0 Å². The van der Waals surface area contributed by atoms with Crippen molar-refractivity contribution in [2.45, 2.75) is 4.90 Å². The van der Waals surface area contributed by atoms with Crippen molar-refractivity contribution in [1.82, 2.24) is 0 Å². The van der Waals surface area contributed by atoms with Crippen molar-refractivity contribution in [2.75, 3.05) is 11.1 Å². The standard InChI is InChI=1S/C12H12N2O2S/c13-11-8-10(17(15)16)6-7-12(11)14-9-4-2-1-3-5-9/h1-8,14H,13H2,(H,15,16). The first-order valence-electron chi connectivity index (χ1n) is 4.99. The molecule has 0 bridgehead atoms. The van der Waals surface area contributed by atoms with E-state index in [1.165, 1.54) is 6.07 Å². The molecular weight excluding hydrogens is 236 g/mol. The molecule has 0 heterocycles. The van der Waals surface area contributed by atoms with E-state index in [4.69, 9.17) is 10.3 Å². The Hall–Kier alpha value is -1.85. The van der Waals surface area contributed by atoms with Gasteiger partial charge in [0.25, 0.3) is 0 Å². The highest BCUT2D eigenvalue weighted by Crippen LogP contribution is 2.24. The molecule has 17 heavy (non-hydrogen) atoms. The monoisotopic (exact) mass is 248 g/mol. The predicted molar refractivity (Wildman–Crippen MR) is 69.6 cm³/mol. The Labute approximate surface area is 102 Å². The van der Waals surface area contributed by atoms with Gasteiger partial charge in [0, 0.05) is 5.69 Å². The molecule has 0 aliphatic carbocycles. The van der Waals surface area contributed by atoms with E-state index in [1.54, 1.807) is 12.1 Å². The van der Waals surface area contributed by atoms with Gasteiger partial charge in [-0.05, 0) is 30.3 Å². The summed E-state index contributed by atoms with van der Waals surface area (Å²) in [6.45, 7) is 0. The fourth-order valence-corrected chi connectivity index (χ4v) is 1.85. The smallest absolute Gasteiger partial charge is 0.186 e. The van der Waals surface area contributed by atoms with Gasteiger partial charge in [-0.2, -0.15) is 0 Å². The Morgan fingerprint density at radius 1 is 1.12 bits per heavy atom. The molecule has 88 valence electrons. The highest BCUT2D eigenvalue weighted by molar-refractivity contribution is 7.79. The van der Waals surface area contributed by atoms with E-state index in [0.717, 1.165) is 5.69 Å². The van der Waals surface area contributed by atoms with Crippen LogP contribution in [0.3, 0.4) is 0 Å². The SMILES string of the molecule is Nc1cc(S(=O)O)ccc1Nc1ccccc1. The normalized spacial score (nSPS) is 12.1. The number of para-hydroxylation sites is 1. The second-order valence-electron chi connectivity index (χ2n) is 3.49. The minimum Gasteiger partial charge on any atom is -0.397 e. The van der Waals surface area contributed by atoms with E-state index < -0.39 is 11.1 Å². The highest BCUT2D eigenvalue weighted by Gasteiger charge is 2.04. The molecule has 0 aromatic heterocycles. The summed E-state index contributed by atoms with van der Waals surface area (Å²) in [4.78, 5) is 0.293. The fourth-order valence-electron chi connectivity index (χ4n) is 1.44. The lowest BCUT2D eigenvalue weighted by Gasteiger charge is -2.09. The highest BCUT2D eigenvalue weighted by atomic mass is 32.2. The number of rotatable bonds is 3. The minimum atomic E-state index is -2.00. The third-order valence-electron chi connectivity index (χ3n) is 2.28. The summed E-state index contributed by atoms with van der Waals surface area (Å²) < 4.78 is 19.8. The largest absolute Gasteiger partial charge is 0.397 e. The molecule has 2 rings (SSSR count). The second-order valence-corrected chi connectivity index (χ2v) is 4.46. The first-order chi connectivity index (χ1) is 8.16. The van der Waals surface area contributed by atoms with Crippen LogP contribution < -0.4 is 11.1 Å². The number of nitrogen functional groups attached to an aromatic ring is 1. The molecule has 2 aromatic rings. The Balaban J connectivity index is 2.26. The molecular formula is C12H12N2O2S. The van der Waals surface area contributed by atoms with Crippen molar-refractivity contribution in [3.63, 3.8) is 0 Å². The molecule has 0 fully saturated rings. The van der Waals surface area contributed by atoms with Crippen LogP contribution in [0.15, 0.2) is 53.4 Å². The zero-order chi connectivity index (χ0) is 12.3. The molecule has 0 aliphatic heterocycles. The van der Waals surface area contributed by atoms with Crippen molar-refractivity contribution in [3.05, 3.63) is 48.5 Å². The van der Waals surface area contributed by atoms with Crippen LogP contribution in [0.2, 0.25) is 0 Å². The molecule has 0 amide bonds. The van der Waals surface area contributed by atoms with Crippen molar-refractivity contribution in [1.29, 1.82) is 0 Å². The lowest BCUT2D eigenvalue weighted by molar-refractivity contribution is 0.564. The zero-order valence-electron chi connectivity index (χ0n) is 8.96. The van der Waals surface area contributed by atoms with E-state index in [9.17, 15) is 4.21 Å². The Morgan fingerprint density at radius 3 is 2.41 bits per heavy atom. The number of benzene rings is 2. The third kappa shape index (κ3) is 2.83. The van der Waals surface area contributed by atoms with Crippen molar-refractivity contribution >= 4 is 28.1 Å². The molecule has 4 nitrogen and oxygen atoms in total. The Bertz CT molecular complexity index is 543. The summed E-state index contributed by atoms with van der Waals surface area (Å²) in [6, 6.07) is 14.3. The summed E-state index contributed by atoms with van der Waals surface area (Å²) in [6.07, 6.45) is 0. The minimum absolute atomic E-state index is 0.293. The first kappa shape index (κ1) is 11.6. The van der Waals surface area contributed by atoms with Crippen LogP contribution >= 0.6 is 0 Å². The summed E-state index contributed by atoms with van der Waals surface area (Å²) >= 11 is -2.00. The van der Waals surface area contributed by atoms with Crippen LogP contribution in [0.5, 0.6) is 0 Å². The molecule has 5 heteroatoms. The average Bonchev–Trinajstić information content (AvgIpc) is 2.33. The van der Waals surface area contributed by atoms with Crippen LogP contribution in [0.25, 0.3) is 0 Å². The molecule has 0 saturated carbocycles. The van der Waals surface area contributed by atoms with Gasteiger partial charge in [-0.3, -0.25) is 0 Å². The number of anilines is 3. The van der Waals surface area contributed by atoms with Gasteiger partial charge in [0.1, 0.15) is 0 Å². The maximum atomic E-state index is 10.9. The quantitative estimate of drug-likeness (QED) is 0.576. The molecule has 2 aromatic carbocycles. The number of nitrogens with one attached hydrogen (secondary N) is 1. The van der Waals surface area contributed by atoms with Gasteiger partial charge < -0.3 is 15.6 Å². The average molecular weight is 248 g/mol. The van der Waals surface area contributed by atoms with Gasteiger partial charge >= 0.3 is 0 Å². The number of hydrogen-bond donors (Lipinski definition) is 3. The van der Waals surface area contributed by atoms with Crippen molar-refractivity contribution in [3.8, 4) is 0 Å². The summed E-state index contributed by atoms with van der Waals surface area (Å²) in [5.74, 6) is 0. The number of hydrogen-bond acceptors (Lipinski definition) is 3. The topological polar surface area (TPSA) is 75.4 Å². The molecule has 0 radical (unpaired) electrons. The molecule has 4 N–H and O–H groups in total. The van der Waals surface area contributed by atoms with Gasteiger partial charge in [0.15, 0.2) is 11.1 Å². The van der Waals surface area contributed by atoms with E-state index in [0.29, 0.717) is 16.3 Å². The van der Waals surface area contributed by atoms with E-state index >= 15 is 0 Å². The Kier molecular flexibility index (Phi) is 3.41. The maximum Gasteiger partial charge on any atom is 0.186 e. The van der Waals surface area contributed by atoms with Gasteiger partial charge in [-0.15, -0.1) is 0 Å². The molecule has 1 atom stereocenters. The summed E-state index contributed by atoms with van der Waals surface area (Å²) in [7, 11) is 0. The summed E-state index contributed by atoms with van der Waals surface area (Å²) in [5.41, 5.74) is 7.86.